The van der Waals surface area contributed by atoms with Gasteiger partial charge in [-0.25, -0.2) is 9.78 Å². The highest BCUT2D eigenvalue weighted by atomic mass is 32.1. The number of allylic oxidation sites excluding steroid dienone is 2. The number of hydrogen-bond donors (Lipinski definition) is 2. The predicted octanol–water partition coefficient (Wildman–Crippen LogP) is 3.14. The zero-order valence-corrected chi connectivity index (χ0v) is 10.5. The summed E-state index contributed by atoms with van der Waals surface area (Å²) in [5, 5.41) is 9.91. The average molecular weight is 260 g/mol. The fourth-order valence-corrected chi connectivity index (χ4v) is 3.49. The Labute approximate surface area is 108 Å². The van der Waals surface area contributed by atoms with Crippen molar-refractivity contribution in [2.45, 2.75) is 19.3 Å². The van der Waals surface area contributed by atoms with Gasteiger partial charge in [0.05, 0.1) is 10.3 Å². The maximum Gasteiger partial charge on any atom is 0.338 e. The van der Waals surface area contributed by atoms with Gasteiger partial charge in [-0.15, -0.1) is 11.3 Å². The number of anilines is 1. The molecule has 92 valence electrons. The van der Waals surface area contributed by atoms with Crippen LogP contribution in [-0.2, 0) is 0 Å². The Bertz CT molecular complexity index is 673. The number of rotatable bonds is 2. The van der Waals surface area contributed by atoms with Crippen LogP contribution < -0.4 is 5.73 Å². The first-order valence-corrected chi connectivity index (χ1v) is 6.59. The topological polar surface area (TPSA) is 76.2 Å². The van der Waals surface area contributed by atoms with Crippen LogP contribution in [0.5, 0.6) is 0 Å². The molecule has 0 radical (unpaired) electrons. The zero-order chi connectivity index (χ0) is 12.7. The minimum atomic E-state index is -0.957. The van der Waals surface area contributed by atoms with Crippen molar-refractivity contribution in [1.82, 2.24) is 4.98 Å². The molecule has 1 aliphatic rings. The summed E-state index contributed by atoms with van der Waals surface area (Å²) in [5.74, 6) is -0.558. The first kappa shape index (κ1) is 11.2. The average Bonchev–Trinajstić information content (AvgIpc) is 2.97. The molecule has 2 aromatic heterocycles. The fraction of sp³-hybridized carbons (Fsp3) is 0.231. The van der Waals surface area contributed by atoms with E-state index in [1.54, 1.807) is 0 Å². The molecule has 0 unspecified atom stereocenters. The van der Waals surface area contributed by atoms with Gasteiger partial charge >= 0.3 is 5.97 Å². The molecule has 0 saturated carbocycles. The van der Waals surface area contributed by atoms with Crippen LogP contribution in [0, 0.1) is 0 Å². The highest BCUT2D eigenvalue weighted by Gasteiger charge is 2.17. The van der Waals surface area contributed by atoms with Crippen LogP contribution in [0.4, 0.5) is 5.82 Å². The number of carboxylic acids is 1. The Hall–Kier alpha value is -1.88. The number of thiophene rings is 1. The largest absolute Gasteiger partial charge is 0.478 e. The summed E-state index contributed by atoms with van der Waals surface area (Å²) in [6, 6.07) is 1.96. The Morgan fingerprint density at radius 2 is 2.33 bits per heavy atom. The summed E-state index contributed by atoms with van der Waals surface area (Å²) < 4.78 is 0.720. The third kappa shape index (κ3) is 1.67. The molecule has 3 rings (SSSR count). The molecule has 0 amide bonds. The maximum absolute atomic E-state index is 11.2. The second-order valence-electron chi connectivity index (χ2n) is 4.34. The van der Waals surface area contributed by atoms with E-state index >= 15 is 0 Å². The number of fused-ring (bicyclic) bond motifs is 1. The van der Waals surface area contributed by atoms with E-state index in [1.807, 2.05) is 6.07 Å². The van der Waals surface area contributed by atoms with Gasteiger partial charge in [-0.05, 0) is 30.9 Å². The van der Waals surface area contributed by atoms with E-state index in [2.05, 4.69) is 11.1 Å². The van der Waals surface area contributed by atoms with E-state index in [9.17, 15) is 4.79 Å². The maximum atomic E-state index is 11.2. The third-order valence-electron chi connectivity index (χ3n) is 3.17. The highest BCUT2D eigenvalue weighted by molar-refractivity contribution is 7.20. The van der Waals surface area contributed by atoms with E-state index in [0.717, 1.165) is 27.8 Å². The number of carbonyl (C=O) groups is 1. The quantitative estimate of drug-likeness (QED) is 0.869. The molecular formula is C13H12N2O2S. The predicted molar refractivity (Wildman–Crippen MR) is 72.8 cm³/mol. The number of carboxylic acid groups (broad SMARTS) is 1. The Morgan fingerprint density at radius 1 is 1.50 bits per heavy atom. The van der Waals surface area contributed by atoms with E-state index in [4.69, 9.17) is 10.8 Å². The molecule has 0 atom stereocenters. The number of nitrogens with two attached hydrogens (primary N) is 1. The lowest BCUT2D eigenvalue weighted by atomic mass is 10.1. The van der Waals surface area contributed by atoms with Crippen LogP contribution in [-0.4, -0.2) is 16.1 Å². The summed E-state index contributed by atoms with van der Waals surface area (Å²) in [6.45, 7) is 0. The minimum Gasteiger partial charge on any atom is -0.478 e. The lowest BCUT2D eigenvalue weighted by Crippen LogP contribution is -1.99. The van der Waals surface area contributed by atoms with Crippen molar-refractivity contribution in [3.63, 3.8) is 0 Å². The number of nitrogen functional groups attached to an aromatic ring is 1. The monoisotopic (exact) mass is 260 g/mol. The van der Waals surface area contributed by atoms with Gasteiger partial charge in [-0.2, -0.15) is 0 Å². The molecule has 0 aromatic carbocycles. The molecule has 0 bridgehead atoms. The van der Waals surface area contributed by atoms with Gasteiger partial charge in [-0.1, -0.05) is 6.08 Å². The van der Waals surface area contributed by atoms with Crippen LogP contribution >= 0.6 is 11.3 Å². The molecule has 0 saturated heterocycles. The highest BCUT2D eigenvalue weighted by Crippen LogP contribution is 2.38. The number of hydrogen-bond acceptors (Lipinski definition) is 4. The molecule has 0 fully saturated rings. The lowest BCUT2D eigenvalue weighted by molar-refractivity contribution is 0.0699. The smallest absolute Gasteiger partial charge is 0.338 e. The molecule has 2 heterocycles. The Kier molecular flexibility index (Phi) is 2.56. The van der Waals surface area contributed by atoms with Crippen LogP contribution in [0.3, 0.4) is 0 Å². The van der Waals surface area contributed by atoms with Crippen LogP contribution in [0.2, 0.25) is 0 Å². The minimum absolute atomic E-state index is 0.231. The van der Waals surface area contributed by atoms with E-state index < -0.39 is 5.97 Å². The van der Waals surface area contributed by atoms with Gasteiger partial charge in [0.15, 0.2) is 0 Å². The van der Waals surface area contributed by atoms with Gasteiger partial charge in [0, 0.05) is 16.5 Å². The standard InChI is InChI=1S/C13H12N2O2S/c14-12-8-5-10(7-3-1-2-4-7)18-11(8)9(6-15-12)13(16)17/h3,5-6H,1-2,4H2,(H2,14,15)(H,16,17). The molecule has 0 aliphatic heterocycles. The first-order valence-electron chi connectivity index (χ1n) is 5.77. The summed E-state index contributed by atoms with van der Waals surface area (Å²) in [4.78, 5) is 16.2. The van der Waals surface area contributed by atoms with Crippen molar-refractivity contribution in [1.29, 1.82) is 0 Å². The Balaban J connectivity index is 2.24. The second kappa shape index (κ2) is 4.10. The van der Waals surface area contributed by atoms with Crippen molar-refractivity contribution in [2.24, 2.45) is 0 Å². The molecule has 1 aliphatic carbocycles. The Morgan fingerprint density at radius 3 is 3.00 bits per heavy atom. The number of aromatic carboxylic acids is 1. The fourth-order valence-electron chi connectivity index (χ4n) is 2.25. The number of nitrogens with zero attached hydrogens (tertiary/aromatic N) is 1. The van der Waals surface area contributed by atoms with Crippen molar-refractivity contribution in [3.8, 4) is 0 Å². The normalized spacial score (nSPS) is 15.0. The van der Waals surface area contributed by atoms with Crippen LogP contribution in [0.1, 0.15) is 34.5 Å². The van der Waals surface area contributed by atoms with E-state index in [1.165, 1.54) is 29.5 Å². The van der Waals surface area contributed by atoms with Gasteiger partial charge in [0.25, 0.3) is 0 Å². The van der Waals surface area contributed by atoms with Crippen molar-refractivity contribution < 1.29 is 9.90 Å². The van der Waals surface area contributed by atoms with Gasteiger partial charge in [0.2, 0.25) is 0 Å². The third-order valence-corrected chi connectivity index (χ3v) is 4.42. The molecular weight excluding hydrogens is 248 g/mol. The van der Waals surface area contributed by atoms with Gasteiger partial charge in [-0.3, -0.25) is 0 Å². The first-order chi connectivity index (χ1) is 8.66. The summed E-state index contributed by atoms with van der Waals surface area (Å²) >= 11 is 1.49. The van der Waals surface area contributed by atoms with Crippen molar-refractivity contribution in [2.75, 3.05) is 5.73 Å². The van der Waals surface area contributed by atoms with Crippen molar-refractivity contribution in [3.05, 3.63) is 28.8 Å². The van der Waals surface area contributed by atoms with Gasteiger partial charge in [0.1, 0.15) is 5.82 Å². The molecule has 18 heavy (non-hydrogen) atoms. The van der Waals surface area contributed by atoms with Crippen LogP contribution in [0.25, 0.3) is 15.7 Å². The number of aromatic nitrogens is 1. The summed E-state index contributed by atoms with van der Waals surface area (Å²) in [5.41, 5.74) is 7.35. The summed E-state index contributed by atoms with van der Waals surface area (Å²) in [6.07, 6.45) is 6.88. The zero-order valence-electron chi connectivity index (χ0n) is 9.64. The SMILES string of the molecule is Nc1ncc(C(=O)O)c2sc(C3=CCCC3)cc12. The second-order valence-corrected chi connectivity index (χ2v) is 5.39. The van der Waals surface area contributed by atoms with Crippen molar-refractivity contribution >= 4 is 38.8 Å². The van der Waals surface area contributed by atoms with E-state index in [0.29, 0.717) is 5.82 Å². The lowest BCUT2D eigenvalue weighted by Gasteiger charge is -1.98. The summed E-state index contributed by atoms with van der Waals surface area (Å²) in [7, 11) is 0. The molecule has 0 spiro atoms. The number of pyridine rings is 1. The van der Waals surface area contributed by atoms with Gasteiger partial charge < -0.3 is 10.8 Å². The molecule has 3 N–H and O–H groups in total. The van der Waals surface area contributed by atoms with Crippen LogP contribution in [0.15, 0.2) is 18.3 Å². The molecule has 2 aromatic rings. The molecule has 4 nitrogen and oxygen atoms in total. The van der Waals surface area contributed by atoms with E-state index in [-0.39, 0.29) is 5.56 Å². The molecule has 5 heteroatoms.